The molecule has 2 aromatic rings. The van der Waals surface area contributed by atoms with Crippen LogP contribution in [0.3, 0.4) is 0 Å². The normalized spacial score (nSPS) is 10.9. The van der Waals surface area contributed by atoms with Crippen LogP contribution in [0.25, 0.3) is 0 Å². The number of aryl methyl sites for hydroxylation is 1. The molecule has 0 N–H and O–H groups in total. The van der Waals surface area contributed by atoms with E-state index in [4.69, 9.17) is 23.2 Å². The first-order chi connectivity index (χ1) is 7.99. The number of halogens is 3. The predicted molar refractivity (Wildman–Crippen MR) is 72.8 cm³/mol. The molecule has 0 saturated heterocycles. The molecule has 0 atom stereocenters. The molecule has 2 heterocycles. The van der Waals surface area contributed by atoms with E-state index in [-0.39, 0.29) is 0 Å². The summed E-state index contributed by atoms with van der Waals surface area (Å²) >= 11 is 15.4. The fourth-order valence-electron chi connectivity index (χ4n) is 1.54. The zero-order chi connectivity index (χ0) is 12.6. The molecule has 2 rings (SSSR count). The van der Waals surface area contributed by atoms with E-state index in [2.05, 4.69) is 26.0 Å². The Morgan fingerprint density at radius 1 is 1.29 bits per heavy atom. The SMILES string of the molecule is Cc1nn(Cc2nc(Cl)ccc2Cl)c(C)c1Br. The molecule has 0 aliphatic carbocycles. The van der Waals surface area contributed by atoms with Gasteiger partial charge in [-0.3, -0.25) is 4.68 Å². The summed E-state index contributed by atoms with van der Waals surface area (Å²) in [5.41, 5.74) is 2.71. The van der Waals surface area contributed by atoms with Gasteiger partial charge in [-0.05, 0) is 41.9 Å². The number of rotatable bonds is 2. The van der Waals surface area contributed by atoms with Gasteiger partial charge in [0.25, 0.3) is 0 Å². The van der Waals surface area contributed by atoms with Gasteiger partial charge in [-0.1, -0.05) is 23.2 Å². The number of aromatic nitrogens is 3. The Morgan fingerprint density at radius 3 is 2.59 bits per heavy atom. The molecular weight excluding hydrogens is 325 g/mol. The second-order valence-corrected chi connectivity index (χ2v) is 5.29. The largest absolute Gasteiger partial charge is 0.262 e. The molecule has 90 valence electrons. The third-order valence-electron chi connectivity index (χ3n) is 2.48. The van der Waals surface area contributed by atoms with Gasteiger partial charge in [-0.2, -0.15) is 5.10 Å². The second-order valence-electron chi connectivity index (χ2n) is 3.70. The summed E-state index contributed by atoms with van der Waals surface area (Å²) in [7, 11) is 0. The third kappa shape index (κ3) is 2.64. The van der Waals surface area contributed by atoms with E-state index in [1.165, 1.54) is 0 Å². The zero-order valence-electron chi connectivity index (χ0n) is 9.34. The van der Waals surface area contributed by atoms with Gasteiger partial charge < -0.3 is 0 Å². The van der Waals surface area contributed by atoms with Crippen LogP contribution in [0.1, 0.15) is 17.1 Å². The van der Waals surface area contributed by atoms with Crippen molar-refractivity contribution in [2.75, 3.05) is 0 Å². The summed E-state index contributed by atoms with van der Waals surface area (Å²) in [6.45, 7) is 4.45. The van der Waals surface area contributed by atoms with E-state index in [9.17, 15) is 0 Å². The van der Waals surface area contributed by atoms with Gasteiger partial charge in [-0.15, -0.1) is 0 Å². The first kappa shape index (κ1) is 12.9. The Morgan fingerprint density at radius 2 is 2.00 bits per heavy atom. The minimum absolute atomic E-state index is 0.435. The van der Waals surface area contributed by atoms with Crippen molar-refractivity contribution in [3.05, 3.63) is 43.9 Å². The van der Waals surface area contributed by atoms with Gasteiger partial charge in [0.15, 0.2) is 0 Å². The van der Waals surface area contributed by atoms with Crippen molar-refractivity contribution < 1.29 is 0 Å². The lowest BCUT2D eigenvalue weighted by Crippen LogP contribution is -2.06. The molecule has 0 fully saturated rings. The number of hydrogen-bond acceptors (Lipinski definition) is 2. The van der Waals surface area contributed by atoms with Crippen LogP contribution in [0.15, 0.2) is 16.6 Å². The lowest BCUT2D eigenvalue weighted by atomic mass is 10.3. The maximum Gasteiger partial charge on any atom is 0.129 e. The van der Waals surface area contributed by atoms with Crippen LogP contribution < -0.4 is 0 Å². The van der Waals surface area contributed by atoms with E-state index in [1.807, 2.05) is 18.5 Å². The molecule has 0 amide bonds. The predicted octanol–water partition coefficient (Wildman–Crippen LogP) is 4.01. The van der Waals surface area contributed by atoms with Crippen molar-refractivity contribution >= 4 is 39.1 Å². The highest BCUT2D eigenvalue weighted by molar-refractivity contribution is 9.10. The average molecular weight is 335 g/mol. The fraction of sp³-hybridized carbons (Fsp3) is 0.273. The van der Waals surface area contributed by atoms with Gasteiger partial charge in [0.2, 0.25) is 0 Å². The highest BCUT2D eigenvalue weighted by Gasteiger charge is 2.11. The zero-order valence-corrected chi connectivity index (χ0v) is 12.4. The maximum atomic E-state index is 6.07. The Balaban J connectivity index is 2.37. The van der Waals surface area contributed by atoms with Crippen LogP contribution in [0.4, 0.5) is 0 Å². The minimum Gasteiger partial charge on any atom is -0.262 e. The van der Waals surface area contributed by atoms with E-state index in [0.717, 1.165) is 21.6 Å². The summed E-state index contributed by atoms with van der Waals surface area (Å²) in [6.07, 6.45) is 0. The first-order valence-electron chi connectivity index (χ1n) is 4.99. The first-order valence-corrected chi connectivity index (χ1v) is 6.54. The van der Waals surface area contributed by atoms with Gasteiger partial charge >= 0.3 is 0 Å². The molecule has 0 radical (unpaired) electrons. The van der Waals surface area contributed by atoms with Gasteiger partial charge in [0, 0.05) is 0 Å². The highest BCUT2D eigenvalue weighted by Crippen LogP contribution is 2.22. The molecule has 6 heteroatoms. The molecule has 0 aliphatic rings. The average Bonchev–Trinajstić information content (AvgIpc) is 2.52. The summed E-state index contributed by atoms with van der Waals surface area (Å²) in [5.74, 6) is 0. The summed E-state index contributed by atoms with van der Waals surface area (Å²) in [4.78, 5) is 4.21. The summed E-state index contributed by atoms with van der Waals surface area (Å²) < 4.78 is 2.86. The van der Waals surface area contributed by atoms with Gasteiger partial charge in [0.05, 0.1) is 33.1 Å². The Hall–Kier alpha value is -0.580. The smallest absolute Gasteiger partial charge is 0.129 e. The molecule has 17 heavy (non-hydrogen) atoms. The van der Waals surface area contributed by atoms with Crippen molar-refractivity contribution in [3.63, 3.8) is 0 Å². The number of pyridine rings is 1. The fourth-order valence-corrected chi connectivity index (χ4v) is 2.15. The number of hydrogen-bond donors (Lipinski definition) is 0. The van der Waals surface area contributed by atoms with Crippen LogP contribution in [0.5, 0.6) is 0 Å². The van der Waals surface area contributed by atoms with E-state index in [0.29, 0.717) is 16.7 Å². The van der Waals surface area contributed by atoms with E-state index >= 15 is 0 Å². The lowest BCUT2D eigenvalue weighted by Gasteiger charge is -2.06. The molecule has 2 aromatic heterocycles. The standard InChI is InChI=1S/C11H10BrCl2N3/c1-6-11(12)7(2)17(16-6)5-9-8(13)3-4-10(14)15-9/h3-4H,5H2,1-2H3. The monoisotopic (exact) mass is 333 g/mol. The minimum atomic E-state index is 0.435. The van der Waals surface area contributed by atoms with Crippen LogP contribution in [0.2, 0.25) is 10.2 Å². The van der Waals surface area contributed by atoms with Gasteiger partial charge in [0.1, 0.15) is 5.15 Å². The molecule has 3 nitrogen and oxygen atoms in total. The van der Waals surface area contributed by atoms with Crippen LogP contribution in [-0.4, -0.2) is 14.8 Å². The highest BCUT2D eigenvalue weighted by atomic mass is 79.9. The van der Waals surface area contributed by atoms with Crippen molar-refractivity contribution in [1.82, 2.24) is 14.8 Å². The van der Waals surface area contributed by atoms with E-state index < -0.39 is 0 Å². The summed E-state index contributed by atoms with van der Waals surface area (Å²) in [5, 5.41) is 5.43. The molecule has 0 bridgehead atoms. The quantitative estimate of drug-likeness (QED) is 0.777. The van der Waals surface area contributed by atoms with Crippen LogP contribution in [0, 0.1) is 13.8 Å². The van der Waals surface area contributed by atoms with Gasteiger partial charge in [-0.25, -0.2) is 4.98 Å². The Bertz CT molecular complexity index is 566. The third-order valence-corrected chi connectivity index (χ3v) is 4.18. The van der Waals surface area contributed by atoms with Crippen molar-refractivity contribution in [3.8, 4) is 0 Å². The molecule has 0 saturated carbocycles. The maximum absolute atomic E-state index is 6.07. The molecular formula is C11H10BrCl2N3. The van der Waals surface area contributed by atoms with Crippen molar-refractivity contribution in [1.29, 1.82) is 0 Å². The molecule has 0 aliphatic heterocycles. The molecule has 0 unspecified atom stereocenters. The second kappa shape index (κ2) is 4.96. The van der Waals surface area contributed by atoms with Crippen LogP contribution in [-0.2, 0) is 6.54 Å². The van der Waals surface area contributed by atoms with Crippen LogP contribution >= 0.6 is 39.1 Å². The summed E-state index contributed by atoms with van der Waals surface area (Å²) in [6, 6.07) is 3.41. The Labute approximate surface area is 118 Å². The lowest BCUT2D eigenvalue weighted by molar-refractivity contribution is 0.647. The van der Waals surface area contributed by atoms with Crippen molar-refractivity contribution in [2.24, 2.45) is 0 Å². The van der Waals surface area contributed by atoms with Crippen molar-refractivity contribution in [2.45, 2.75) is 20.4 Å². The topological polar surface area (TPSA) is 30.7 Å². The van der Waals surface area contributed by atoms with E-state index in [1.54, 1.807) is 12.1 Å². The molecule has 0 aromatic carbocycles. The molecule has 0 spiro atoms. The Kier molecular flexibility index (Phi) is 3.76. The number of nitrogens with zero attached hydrogens (tertiary/aromatic N) is 3.